The highest BCUT2D eigenvalue weighted by atomic mass is 19.1. The lowest BCUT2D eigenvalue weighted by atomic mass is 9.98. The van der Waals surface area contributed by atoms with Gasteiger partial charge in [-0.3, -0.25) is 4.79 Å². The number of fused-ring (bicyclic) bond motifs is 1. The first-order chi connectivity index (χ1) is 13.7. The summed E-state index contributed by atoms with van der Waals surface area (Å²) in [6.07, 6.45) is 1.34. The third-order valence-electron chi connectivity index (χ3n) is 4.89. The molecule has 0 atom stereocenters. The highest BCUT2D eigenvalue weighted by Crippen LogP contribution is 2.38. The summed E-state index contributed by atoms with van der Waals surface area (Å²) in [6, 6.07) is 4.83. The normalized spacial score (nSPS) is 11.8. The Bertz CT molecular complexity index is 1130. The van der Waals surface area contributed by atoms with Gasteiger partial charge in [0.25, 0.3) is 0 Å². The zero-order chi connectivity index (χ0) is 21.3. The molecule has 4 nitrogen and oxygen atoms in total. The van der Waals surface area contributed by atoms with Gasteiger partial charge in [-0.1, -0.05) is 0 Å². The van der Waals surface area contributed by atoms with E-state index in [4.69, 9.17) is 9.15 Å². The molecule has 1 amide bonds. The fraction of sp³-hybridized carbons (Fsp3) is 0.261. The van der Waals surface area contributed by atoms with Crippen molar-refractivity contribution in [1.29, 1.82) is 0 Å². The maximum atomic E-state index is 13.8. The molecule has 152 valence electrons. The molecule has 3 aromatic rings. The molecule has 6 heteroatoms. The standard InChI is InChI=1S/C23H23F2NO3/c1-6-28-22-14(4)23-18(13(3)15(5)29-23)11-17(22)12(2)9-21(27)26-20-10-16(24)7-8-19(20)25/h7-11H,6H2,1-5H3,(H,26,27)/b12-9+. The summed E-state index contributed by atoms with van der Waals surface area (Å²) >= 11 is 0. The van der Waals surface area contributed by atoms with E-state index < -0.39 is 17.5 Å². The molecule has 1 aromatic heterocycles. The lowest BCUT2D eigenvalue weighted by molar-refractivity contribution is -0.111. The maximum Gasteiger partial charge on any atom is 0.248 e. The molecule has 0 fully saturated rings. The average molecular weight is 399 g/mol. The third kappa shape index (κ3) is 4.01. The third-order valence-corrected chi connectivity index (χ3v) is 4.89. The molecule has 29 heavy (non-hydrogen) atoms. The van der Waals surface area contributed by atoms with Crippen molar-refractivity contribution in [3.8, 4) is 5.75 Å². The topological polar surface area (TPSA) is 51.5 Å². The van der Waals surface area contributed by atoms with Crippen molar-refractivity contribution in [2.45, 2.75) is 34.6 Å². The Morgan fingerprint density at radius 1 is 1.17 bits per heavy atom. The second-order valence-corrected chi connectivity index (χ2v) is 6.91. The first kappa shape index (κ1) is 20.6. The van der Waals surface area contributed by atoms with Crippen LogP contribution in [0.5, 0.6) is 5.75 Å². The Hall–Kier alpha value is -3.15. The van der Waals surface area contributed by atoms with Gasteiger partial charge in [-0.15, -0.1) is 0 Å². The van der Waals surface area contributed by atoms with Crippen molar-refractivity contribution >= 4 is 28.1 Å². The molecule has 0 spiro atoms. The number of carbonyl (C=O) groups is 1. The first-order valence-corrected chi connectivity index (χ1v) is 9.33. The highest BCUT2D eigenvalue weighted by molar-refractivity contribution is 6.05. The number of halogens is 2. The maximum absolute atomic E-state index is 13.8. The van der Waals surface area contributed by atoms with Crippen LogP contribution in [0.15, 0.2) is 34.8 Å². The van der Waals surface area contributed by atoms with Gasteiger partial charge in [0.2, 0.25) is 5.91 Å². The minimum atomic E-state index is -0.706. The van der Waals surface area contributed by atoms with Crippen LogP contribution in [0.3, 0.4) is 0 Å². The van der Waals surface area contributed by atoms with Gasteiger partial charge in [-0.2, -0.15) is 0 Å². The zero-order valence-electron chi connectivity index (χ0n) is 17.1. The molecule has 0 aliphatic carbocycles. The predicted octanol–water partition coefficient (Wildman–Crippen LogP) is 6.08. The van der Waals surface area contributed by atoms with E-state index in [0.29, 0.717) is 17.9 Å². The molecule has 0 bridgehead atoms. The van der Waals surface area contributed by atoms with E-state index in [2.05, 4.69) is 5.32 Å². The quantitative estimate of drug-likeness (QED) is 0.529. The van der Waals surface area contributed by atoms with Crippen LogP contribution in [0.1, 0.15) is 36.3 Å². The van der Waals surface area contributed by atoms with Crippen LogP contribution in [-0.2, 0) is 4.79 Å². The molecule has 1 N–H and O–H groups in total. The number of carbonyl (C=O) groups excluding carboxylic acids is 1. The summed E-state index contributed by atoms with van der Waals surface area (Å²) in [6.45, 7) is 9.89. The Balaban J connectivity index is 2.03. The second-order valence-electron chi connectivity index (χ2n) is 6.91. The van der Waals surface area contributed by atoms with Gasteiger partial charge in [0.15, 0.2) is 0 Å². The predicted molar refractivity (Wildman–Crippen MR) is 110 cm³/mol. The van der Waals surface area contributed by atoms with Crippen molar-refractivity contribution < 1.29 is 22.7 Å². The summed E-state index contributed by atoms with van der Waals surface area (Å²) in [7, 11) is 0. The van der Waals surface area contributed by atoms with E-state index in [0.717, 1.165) is 51.6 Å². The summed E-state index contributed by atoms with van der Waals surface area (Å²) in [5.74, 6) is -0.446. The molecule has 0 radical (unpaired) electrons. The smallest absolute Gasteiger partial charge is 0.248 e. The summed E-state index contributed by atoms with van der Waals surface area (Å²) in [4.78, 5) is 12.4. The van der Waals surface area contributed by atoms with Crippen molar-refractivity contribution in [1.82, 2.24) is 0 Å². The van der Waals surface area contributed by atoms with Gasteiger partial charge in [0.1, 0.15) is 28.7 Å². The highest BCUT2D eigenvalue weighted by Gasteiger charge is 2.19. The van der Waals surface area contributed by atoms with Crippen LogP contribution < -0.4 is 10.1 Å². The first-order valence-electron chi connectivity index (χ1n) is 9.33. The van der Waals surface area contributed by atoms with E-state index in [1.54, 1.807) is 6.92 Å². The summed E-state index contributed by atoms with van der Waals surface area (Å²) < 4.78 is 38.9. The SMILES string of the molecule is CCOc1c(/C(C)=C/C(=O)Nc2cc(F)ccc2F)cc2c(C)c(C)oc2c1C. The Labute approximate surface area is 168 Å². The second kappa shape index (κ2) is 8.07. The summed E-state index contributed by atoms with van der Waals surface area (Å²) in [5.41, 5.74) is 3.79. The van der Waals surface area contributed by atoms with E-state index in [9.17, 15) is 13.6 Å². The number of furan rings is 1. The number of anilines is 1. The fourth-order valence-electron chi connectivity index (χ4n) is 3.27. The lowest BCUT2D eigenvalue weighted by Crippen LogP contribution is -2.10. The number of aryl methyl sites for hydroxylation is 3. The van der Waals surface area contributed by atoms with Crippen molar-refractivity contribution in [2.24, 2.45) is 0 Å². The number of nitrogens with one attached hydrogen (secondary N) is 1. The Morgan fingerprint density at radius 2 is 1.90 bits per heavy atom. The van der Waals surface area contributed by atoms with E-state index in [-0.39, 0.29) is 5.69 Å². The number of ether oxygens (including phenoxy) is 1. The molecule has 0 saturated carbocycles. The van der Waals surface area contributed by atoms with Crippen molar-refractivity contribution in [3.05, 3.63) is 64.4 Å². The molecular weight excluding hydrogens is 376 g/mol. The molecule has 1 heterocycles. The van der Waals surface area contributed by atoms with Gasteiger partial charge in [-0.05, 0) is 64.0 Å². The molecule has 0 aliphatic rings. The number of rotatable bonds is 5. The molecule has 0 saturated heterocycles. The number of amides is 1. The summed E-state index contributed by atoms with van der Waals surface area (Å²) in [5, 5.41) is 3.33. The number of hydrogen-bond acceptors (Lipinski definition) is 3. The van der Waals surface area contributed by atoms with E-state index >= 15 is 0 Å². The minimum Gasteiger partial charge on any atom is -0.493 e. The van der Waals surface area contributed by atoms with Crippen LogP contribution >= 0.6 is 0 Å². The van der Waals surface area contributed by atoms with Gasteiger partial charge in [0.05, 0.1) is 12.3 Å². The van der Waals surface area contributed by atoms with E-state index in [1.165, 1.54) is 6.08 Å². The van der Waals surface area contributed by atoms with Gasteiger partial charge in [-0.25, -0.2) is 8.78 Å². The monoisotopic (exact) mass is 399 g/mol. The lowest BCUT2D eigenvalue weighted by Gasteiger charge is -2.14. The molecule has 0 aliphatic heterocycles. The van der Waals surface area contributed by atoms with Gasteiger partial charge >= 0.3 is 0 Å². The molecule has 2 aromatic carbocycles. The van der Waals surface area contributed by atoms with Gasteiger partial charge < -0.3 is 14.5 Å². The van der Waals surface area contributed by atoms with Crippen LogP contribution in [0, 0.1) is 32.4 Å². The largest absolute Gasteiger partial charge is 0.493 e. The molecule has 0 unspecified atom stereocenters. The molecular formula is C23H23F2NO3. The number of allylic oxidation sites excluding steroid dienone is 1. The van der Waals surface area contributed by atoms with Crippen LogP contribution in [-0.4, -0.2) is 12.5 Å². The van der Waals surface area contributed by atoms with Gasteiger partial charge in [0, 0.05) is 28.7 Å². The minimum absolute atomic E-state index is 0.211. The van der Waals surface area contributed by atoms with Crippen molar-refractivity contribution in [2.75, 3.05) is 11.9 Å². The molecule has 3 rings (SSSR count). The Kier molecular flexibility index (Phi) is 5.73. The van der Waals surface area contributed by atoms with E-state index in [1.807, 2.05) is 33.8 Å². The fourth-order valence-corrected chi connectivity index (χ4v) is 3.27. The van der Waals surface area contributed by atoms with Crippen LogP contribution in [0.2, 0.25) is 0 Å². The van der Waals surface area contributed by atoms with Crippen molar-refractivity contribution in [3.63, 3.8) is 0 Å². The number of hydrogen-bond donors (Lipinski definition) is 1. The Morgan fingerprint density at radius 3 is 2.59 bits per heavy atom. The zero-order valence-corrected chi connectivity index (χ0v) is 17.1. The average Bonchev–Trinajstić information content (AvgIpc) is 2.95. The number of benzene rings is 2. The van der Waals surface area contributed by atoms with Crippen LogP contribution in [0.4, 0.5) is 14.5 Å². The van der Waals surface area contributed by atoms with Crippen LogP contribution in [0.25, 0.3) is 16.5 Å².